The smallest absolute Gasteiger partial charge is 0.344 e. The topological polar surface area (TPSA) is 99.4 Å². The van der Waals surface area contributed by atoms with Gasteiger partial charge in [-0.1, -0.05) is 18.2 Å². The molecule has 0 spiro atoms. The third kappa shape index (κ3) is 5.29. The summed E-state index contributed by atoms with van der Waals surface area (Å²) in [5.74, 6) is 0.0990. The minimum absolute atomic E-state index is 0.170. The molecule has 0 unspecified atom stereocenters. The van der Waals surface area contributed by atoms with Gasteiger partial charge in [0, 0.05) is 5.39 Å². The highest BCUT2D eigenvalue weighted by atomic mass is 127. The molecular formula is C21H19IN2O6. The molecule has 0 atom stereocenters. The van der Waals surface area contributed by atoms with E-state index in [9.17, 15) is 9.59 Å². The van der Waals surface area contributed by atoms with Gasteiger partial charge in [0.05, 0.1) is 23.5 Å². The van der Waals surface area contributed by atoms with Gasteiger partial charge in [0.15, 0.2) is 23.9 Å². The van der Waals surface area contributed by atoms with E-state index in [-0.39, 0.29) is 19.0 Å². The summed E-state index contributed by atoms with van der Waals surface area (Å²) in [6.07, 6.45) is 1.47. The largest absolute Gasteiger partial charge is 0.493 e. The first kappa shape index (κ1) is 21.6. The molecule has 3 rings (SSSR count). The average Bonchev–Trinajstić information content (AvgIpc) is 3.17. The number of halogens is 1. The molecule has 0 aliphatic carbocycles. The first-order valence-corrected chi connectivity index (χ1v) is 10.1. The Hall–Kier alpha value is -3.08. The van der Waals surface area contributed by atoms with Crippen LogP contribution in [0.3, 0.4) is 0 Å². The molecule has 3 aromatic rings. The number of hydrogen-bond acceptors (Lipinski definition) is 7. The van der Waals surface area contributed by atoms with E-state index in [1.54, 1.807) is 31.2 Å². The Morgan fingerprint density at radius 1 is 1.23 bits per heavy atom. The summed E-state index contributed by atoms with van der Waals surface area (Å²) in [6.45, 7) is 1.79. The summed E-state index contributed by atoms with van der Waals surface area (Å²) in [5, 5.41) is 4.81. The van der Waals surface area contributed by atoms with Gasteiger partial charge in [0.25, 0.3) is 0 Å². The van der Waals surface area contributed by atoms with E-state index in [1.807, 2.05) is 18.2 Å². The first-order chi connectivity index (χ1) is 14.5. The molecule has 0 bridgehead atoms. The van der Waals surface area contributed by atoms with Crippen LogP contribution in [-0.4, -0.2) is 38.4 Å². The maximum atomic E-state index is 12.2. The Morgan fingerprint density at radius 3 is 2.77 bits per heavy atom. The number of hydrogen-bond donors (Lipinski definition) is 1. The van der Waals surface area contributed by atoms with Crippen LogP contribution in [0.15, 0.2) is 52.0 Å². The molecule has 1 heterocycles. The number of carbonyl (C=O) groups is 2. The molecular weight excluding hydrogens is 503 g/mol. The molecule has 1 aromatic heterocycles. The maximum absolute atomic E-state index is 12.2. The van der Waals surface area contributed by atoms with E-state index in [0.717, 1.165) is 5.39 Å². The van der Waals surface area contributed by atoms with Gasteiger partial charge in [0.2, 0.25) is 0 Å². The van der Waals surface area contributed by atoms with Crippen molar-refractivity contribution in [3.63, 3.8) is 0 Å². The summed E-state index contributed by atoms with van der Waals surface area (Å²) < 4.78 is 21.9. The summed E-state index contributed by atoms with van der Waals surface area (Å²) in [4.78, 5) is 23.8. The first-order valence-electron chi connectivity index (χ1n) is 8.99. The van der Waals surface area contributed by atoms with Crippen LogP contribution in [0.2, 0.25) is 0 Å². The number of hydrazone groups is 1. The number of rotatable bonds is 8. The average molecular weight is 522 g/mol. The number of fused-ring (bicyclic) bond motifs is 1. The number of carbonyl (C=O) groups excluding carboxylic acids is 2. The van der Waals surface area contributed by atoms with Crippen LogP contribution in [0.4, 0.5) is 0 Å². The molecule has 0 saturated heterocycles. The molecule has 9 heteroatoms. The fourth-order valence-electron chi connectivity index (χ4n) is 2.60. The number of benzene rings is 2. The lowest BCUT2D eigenvalue weighted by molar-refractivity contribution is -0.145. The van der Waals surface area contributed by atoms with Crippen LogP contribution >= 0.6 is 22.6 Å². The van der Waals surface area contributed by atoms with Gasteiger partial charge >= 0.3 is 11.9 Å². The fraction of sp³-hybridized carbons (Fsp3) is 0.190. The van der Waals surface area contributed by atoms with Crippen molar-refractivity contribution in [2.45, 2.75) is 6.92 Å². The number of furan rings is 1. The van der Waals surface area contributed by atoms with E-state index in [2.05, 4.69) is 33.1 Å². The number of esters is 1. The second-order valence-electron chi connectivity index (χ2n) is 5.98. The van der Waals surface area contributed by atoms with Crippen LogP contribution in [0, 0.1) is 3.57 Å². The number of amides is 1. The van der Waals surface area contributed by atoms with Crippen molar-refractivity contribution in [2.75, 3.05) is 20.3 Å². The highest BCUT2D eigenvalue weighted by Crippen LogP contribution is 2.33. The van der Waals surface area contributed by atoms with Crippen LogP contribution in [-0.2, 0) is 9.53 Å². The van der Waals surface area contributed by atoms with Crippen LogP contribution in [0.5, 0.6) is 11.5 Å². The molecule has 0 radical (unpaired) electrons. The minimum Gasteiger partial charge on any atom is -0.493 e. The molecule has 1 amide bonds. The van der Waals surface area contributed by atoms with Crippen molar-refractivity contribution in [1.29, 1.82) is 0 Å². The summed E-state index contributed by atoms with van der Waals surface area (Å²) in [5.41, 5.74) is 3.74. The van der Waals surface area contributed by atoms with Crippen molar-refractivity contribution in [3.8, 4) is 11.5 Å². The number of nitrogens with zero attached hydrogens (tertiary/aromatic N) is 1. The second kappa shape index (κ2) is 10.1. The lowest BCUT2D eigenvalue weighted by atomic mass is 10.2. The monoisotopic (exact) mass is 522 g/mol. The van der Waals surface area contributed by atoms with Crippen molar-refractivity contribution >= 4 is 51.7 Å². The highest BCUT2D eigenvalue weighted by molar-refractivity contribution is 14.1. The van der Waals surface area contributed by atoms with Crippen molar-refractivity contribution in [1.82, 2.24) is 5.43 Å². The number of methoxy groups -OCH3 is 1. The van der Waals surface area contributed by atoms with E-state index in [1.165, 1.54) is 13.3 Å². The number of ether oxygens (including phenoxy) is 3. The summed E-state index contributed by atoms with van der Waals surface area (Å²) in [7, 11) is 1.49. The predicted octanol–water partition coefficient (Wildman–Crippen LogP) is 3.75. The maximum Gasteiger partial charge on any atom is 0.344 e. The molecule has 156 valence electrons. The zero-order valence-electron chi connectivity index (χ0n) is 16.3. The summed E-state index contributed by atoms with van der Waals surface area (Å²) >= 11 is 2.06. The van der Waals surface area contributed by atoms with Gasteiger partial charge in [-0.25, -0.2) is 10.2 Å². The van der Waals surface area contributed by atoms with Crippen molar-refractivity contribution < 1.29 is 28.2 Å². The Bertz CT molecular complexity index is 1060. The van der Waals surface area contributed by atoms with Crippen LogP contribution in [0.25, 0.3) is 11.0 Å². The van der Waals surface area contributed by atoms with Crippen molar-refractivity contribution in [3.05, 3.63) is 57.4 Å². The lowest BCUT2D eigenvalue weighted by Gasteiger charge is -2.13. The van der Waals surface area contributed by atoms with Crippen LogP contribution < -0.4 is 14.9 Å². The third-order valence-electron chi connectivity index (χ3n) is 3.92. The molecule has 1 N–H and O–H groups in total. The second-order valence-corrected chi connectivity index (χ2v) is 7.14. The quantitative estimate of drug-likeness (QED) is 0.210. The Balaban J connectivity index is 1.68. The van der Waals surface area contributed by atoms with Gasteiger partial charge < -0.3 is 18.6 Å². The van der Waals surface area contributed by atoms with E-state index < -0.39 is 11.9 Å². The van der Waals surface area contributed by atoms with E-state index in [0.29, 0.717) is 26.2 Å². The minimum atomic E-state index is -0.464. The zero-order valence-corrected chi connectivity index (χ0v) is 18.5. The van der Waals surface area contributed by atoms with Gasteiger partial charge in [-0.2, -0.15) is 5.10 Å². The number of para-hydroxylation sites is 1. The molecule has 0 fully saturated rings. The molecule has 30 heavy (non-hydrogen) atoms. The van der Waals surface area contributed by atoms with Gasteiger partial charge in [-0.3, -0.25) is 4.79 Å². The van der Waals surface area contributed by atoms with E-state index >= 15 is 0 Å². The molecule has 0 aliphatic heterocycles. The fourth-order valence-corrected chi connectivity index (χ4v) is 3.38. The zero-order chi connectivity index (χ0) is 21.5. The van der Waals surface area contributed by atoms with Gasteiger partial charge in [-0.15, -0.1) is 0 Å². The lowest BCUT2D eigenvalue weighted by Crippen LogP contribution is -2.17. The molecule has 0 saturated carbocycles. The van der Waals surface area contributed by atoms with Gasteiger partial charge in [-0.05, 0) is 59.3 Å². The Labute approximate surface area is 186 Å². The highest BCUT2D eigenvalue weighted by Gasteiger charge is 2.14. The Morgan fingerprint density at radius 2 is 2.03 bits per heavy atom. The third-order valence-corrected chi connectivity index (χ3v) is 4.72. The van der Waals surface area contributed by atoms with Crippen LogP contribution in [0.1, 0.15) is 23.0 Å². The predicted molar refractivity (Wildman–Crippen MR) is 119 cm³/mol. The normalized spacial score (nSPS) is 10.9. The summed E-state index contributed by atoms with van der Waals surface area (Å²) in [6, 6.07) is 12.5. The standard InChI is InChI=1S/C21H19IN2O6/c1-3-28-19(25)12-29-20-15(22)8-13(9-17(20)27-2)11-23-24-21(26)18-10-14-6-4-5-7-16(14)30-18/h4-11H,3,12H2,1-2H3,(H,24,26)/b23-11+. The van der Waals surface area contributed by atoms with Gasteiger partial charge in [0.1, 0.15) is 5.58 Å². The van der Waals surface area contributed by atoms with Crippen molar-refractivity contribution in [2.24, 2.45) is 5.10 Å². The Kier molecular flexibility index (Phi) is 7.28. The van der Waals surface area contributed by atoms with E-state index in [4.69, 9.17) is 18.6 Å². The molecule has 0 aliphatic rings. The number of nitrogens with one attached hydrogen (secondary N) is 1. The SMILES string of the molecule is CCOC(=O)COc1c(I)cc(/C=N/NC(=O)c2cc3ccccc3o2)cc1OC. The molecule has 8 nitrogen and oxygen atoms in total. The molecule has 2 aromatic carbocycles.